The number of halogens is 1. The highest BCUT2D eigenvalue weighted by Gasteiger charge is 2.18. The molecule has 0 saturated heterocycles. The molecule has 0 amide bonds. The van der Waals surface area contributed by atoms with Crippen molar-refractivity contribution in [2.75, 3.05) is 19.5 Å². The Hall–Kier alpha value is -1.98. The molecule has 8 heteroatoms. The highest BCUT2D eigenvalue weighted by atomic mass is 79.9. The predicted octanol–water partition coefficient (Wildman–Crippen LogP) is 4.37. The molecule has 26 heavy (non-hydrogen) atoms. The third-order valence-corrected chi connectivity index (χ3v) is 4.70. The Kier molecular flexibility index (Phi) is 7.54. The van der Waals surface area contributed by atoms with Gasteiger partial charge in [-0.25, -0.2) is 4.98 Å². The maximum Gasteiger partial charge on any atom is 0.270 e. The second-order valence-corrected chi connectivity index (χ2v) is 6.98. The fourth-order valence-corrected chi connectivity index (χ4v) is 3.22. The van der Waals surface area contributed by atoms with Gasteiger partial charge in [-0.15, -0.1) is 0 Å². The van der Waals surface area contributed by atoms with E-state index in [-0.39, 0.29) is 5.56 Å². The largest absolute Gasteiger partial charge is 0.490 e. The van der Waals surface area contributed by atoms with Crippen molar-refractivity contribution in [2.24, 2.45) is 0 Å². The molecular weight excluding hydrogens is 418 g/mol. The first-order valence-electron chi connectivity index (χ1n) is 8.23. The van der Waals surface area contributed by atoms with Gasteiger partial charge < -0.3 is 14.5 Å². The van der Waals surface area contributed by atoms with Gasteiger partial charge in [-0.2, -0.15) is 5.26 Å². The first-order valence-corrected chi connectivity index (χ1v) is 10.2. The van der Waals surface area contributed by atoms with E-state index >= 15 is 0 Å². The van der Waals surface area contributed by atoms with Crippen LogP contribution in [0.15, 0.2) is 26.6 Å². The van der Waals surface area contributed by atoms with E-state index in [1.54, 1.807) is 18.4 Å². The van der Waals surface area contributed by atoms with Crippen molar-refractivity contribution >= 4 is 27.7 Å². The monoisotopic (exact) mass is 437 g/mol. The number of thioether (sulfide) groups is 1. The minimum absolute atomic E-state index is 0.0307. The highest BCUT2D eigenvalue weighted by molar-refractivity contribution is 9.10. The molecule has 1 heterocycles. The molecular formula is C18H20BrN3O3S. The van der Waals surface area contributed by atoms with Crippen LogP contribution in [0.4, 0.5) is 0 Å². The van der Waals surface area contributed by atoms with Gasteiger partial charge in [0.25, 0.3) is 5.56 Å². The van der Waals surface area contributed by atoms with Gasteiger partial charge in [-0.3, -0.25) is 4.79 Å². The van der Waals surface area contributed by atoms with Gasteiger partial charge >= 0.3 is 0 Å². The maximum absolute atomic E-state index is 12.2. The van der Waals surface area contributed by atoms with Crippen molar-refractivity contribution < 1.29 is 9.47 Å². The zero-order valence-corrected chi connectivity index (χ0v) is 17.3. The van der Waals surface area contributed by atoms with E-state index in [4.69, 9.17) is 9.47 Å². The number of aromatic nitrogens is 2. The molecule has 0 radical (unpaired) electrons. The normalized spacial score (nSPS) is 10.4. The molecule has 0 aliphatic carbocycles. The minimum Gasteiger partial charge on any atom is -0.490 e. The number of nitriles is 1. The molecule has 6 nitrogen and oxygen atoms in total. The Morgan fingerprint density at radius 1 is 1.35 bits per heavy atom. The van der Waals surface area contributed by atoms with Gasteiger partial charge in [0.2, 0.25) is 0 Å². The number of nitrogens with zero attached hydrogens (tertiary/aromatic N) is 2. The van der Waals surface area contributed by atoms with Crippen molar-refractivity contribution in [3.8, 4) is 28.8 Å². The Balaban J connectivity index is 2.59. The van der Waals surface area contributed by atoms with Crippen molar-refractivity contribution in [1.82, 2.24) is 9.97 Å². The van der Waals surface area contributed by atoms with Gasteiger partial charge in [0.1, 0.15) is 11.6 Å². The summed E-state index contributed by atoms with van der Waals surface area (Å²) >= 11 is 4.81. The average Bonchev–Trinajstić information content (AvgIpc) is 2.63. The van der Waals surface area contributed by atoms with Gasteiger partial charge in [-0.1, -0.05) is 25.1 Å². The lowest BCUT2D eigenvalue weighted by Gasteiger charge is -2.15. The van der Waals surface area contributed by atoms with E-state index < -0.39 is 5.56 Å². The number of rotatable bonds is 8. The molecule has 1 aromatic heterocycles. The second-order valence-electron chi connectivity index (χ2n) is 5.33. The number of H-pyrrole nitrogens is 1. The number of nitrogens with one attached hydrogen (secondary N) is 1. The summed E-state index contributed by atoms with van der Waals surface area (Å²) in [5.41, 5.74) is 0.444. The smallest absolute Gasteiger partial charge is 0.270 e. The van der Waals surface area contributed by atoms with Gasteiger partial charge in [-0.05, 0) is 47.7 Å². The van der Waals surface area contributed by atoms with Crippen LogP contribution in [0.3, 0.4) is 0 Å². The van der Waals surface area contributed by atoms with E-state index in [0.717, 1.165) is 12.8 Å². The van der Waals surface area contributed by atoms with E-state index in [9.17, 15) is 10.1 Å². The van der Waals surface area contributed by atoms with Crippen LogP contribution in [-0.4, -0.2) is 29.4 Å². The fourth-order valence-electron chi connectivity index (χ4n) is 2.29. The molecule has 2 rings (SSSR count). The summed E-state index contributed by atoms with van der Waals surface area (Å²) in [5, 5.41) is 9.83. The number of aromatic amines is 1. The first-order chi connectivity index (χ1) is 12.5. The summed E-state index contributed by atoms with van der Waals surface area (Å²) in [6.07, 6.45) is 3.77. The van der Waals surface area contributed by atoms with E-state index in [2.05, 4.69) is 32.8 Å². The lowest BCUT2D eigenvalue weighted by Crippen LogP contribution is -2.14. The molecule has 0 atom stereocenters. The van der Waals surface area contributed by atoms with Crippen molar-refractivity contribution in [3.05, 3.63) is 32.5 Å². The quantitative estimate of drug-likeness (QED) is 0.374. The number of benzene rings is 1. The summed E-state index contributed by atoms with van der Waals surface area (Å²) in [6, 6.07) is 5.48. The fraction of sp³-hybridized carbons (Fsp3) is 0.389. The van der Waals surface area contributed by atoms with Crippen molar-refractivity contribution in [2.45, 2.75) is 31.8 Å². The number of unbranched alkanes of at least 4 members (excludes halogenated alkanes) is 1. The van der Waals surface area contributed by atoms with E-state index in [1.807, 2.05) is 13.0 Å². The van der Waals surface area contributed by atoms with Crippen LogP contribution in [-0.2, 0) is 0 Å². The molecule has 0 aliphatic heterocycles. The van der Waals surface area contributed by atoms with Gasteiger partial charge in [0.15, 0.2) is 16.7 Å². The third-order valence-electron chi connectivity index (χ3n) is 3.53. The van der Waals surface area contributed by atoms with E-state index in [1.165, 1.54) is 11.8 Å². The predicted molar refractivity (Wildman–Crippen MR) is 106 cm³/mol. The SMILES string of the molecule is CCCCOc1c(Br)cc(-c2nc(SC)[nH]c(=O)c2C#N)cc1OCC. The molecule has 0 saturated carbocycles. The third kappa shape index (κ3) is 4.59. The lowest BCUT2D eigenvalue weighted by atomic mass is 10.1. The minimum atomic E-state index is -0.459. The zero-order chi connectivity index (χ0) is 19.1. The van der Waals surface area contributed by atoms with Gasteiger partial charge in [0.05, 0.1) is 23.4 Å². The summed E-state index contributed by atoms with van der Waals surface area (Å²) in [4.78, 5) is 19.2. The zero-order valence-electron chi connectivity index (χ0n) is 14.9. The van der Waals surface area contributed by atoms with Crippen LogP contribution in [0.5, 0.6) is 11.5 Å². The Morgan fingerprint density at radius 3 is 2.73 bits per heavy atom. The highest BCUT2D eigenvalue weighted by Crippen LogP contribution is 2.40. The molecule has 1 aromatic carbocycles. The molecule has 0 spiro atoms. The average molecular weight is 438 g/mol. The van der Waals surface area contributed by atoms with E-state index in [0.29, 0.717) is 45.6 Å². The standard InChI is InChI=1S/C18H20BrN3O3S/c1-4-6-7-25-16-13(19)8-11(9-14(16)24-5-2)15-12(10-20)17(23)22-18(21-15)26-3/h8-9H,4-7H2,1-3H3,(H,21,22,23). The number of ether oxygens (including phenoxy) is 2. The molecule has 0 aliphatic rings. The summed E-state index contributed by atoms with van der Waals surface area (Å²) in [5.74, 6) is 1.15. The molecule has 1 N–H and O–H groups in total. The number of hydrogen-bond donors (Lipinski definition) is 1. The maximum atomic E-state index is 12.2. The number of hydrogen-bond acceptors (Lipinski definition) is 6. The Labute approximate surface area is 165 Å². The summed E-state index contributed by atoms with van der Waals surface area (Å²) in [6.45, 7) is 5.02. The topological polar surface area (TPSA) is 88.0 Å². The van der Waals surface area contributed by atoms with Crippen LogP contribution in [0.1, 0.15) is 32.3 Å². The molecule has 0 bridgehead atoms. The molecule has 138 valence electrons. The van der Waals surface area contributed by atoms with Crippen molar-refractivity contribution in [3.63, 3.8) is 0 Å². The molecule has 2 aromatic rings. The molecule has 0 unspecified atom stereocenters. The summed E-state index contributed by atoms with van der Waals surface area (Å²) in [7, 11) is 0. The van der Waals surface area contributed by atoms with Crippen LogP contribution < -0.4 is 15.0 Å². The van der Waals surface area contributed by atoms with Crippen LogP contribution in [0, 0.1) is 11.3 Å². The molecule has 0 fully saturated rings. The van der Waals surface area contributed by atoms with Gasteiger partial charge in [0, 0.05) is 5.56 Å². The van der Waals surface area contributed by atoms with Crippen LogP contribution in [0.2, 0.25) is 0 Å². The Bertz CT molecular complexity index is 877. The second kappa shape index (κ2) is 9.64. The van der Waals surface area contributed by atoms with Crippen molar-refractivity contribution in [1.29, 1.82) is 5.26 Å². The van der Waals surface area contributed by atoms with Crippen LogP contribution >= 0.6 is 27.7 Å². The first kappa shape index (κ1) is 20.3. The van der Waals surface area contributed by atoms with Crippen LogP contribution in [0.25, 0.3) is 11.3 Å². The lowest BCUT2D eigenvalue weighted by molar-refractivity contribution is 0.271. The summed E-state index contributed by atoms with van der Waals surface area (Å²) < 4.78 is 12.2. The Morgan fingerprint density at radius 2 is 2.12 bits per heavy atom.